The number of nitrogens with two attached hydrogens (primary N) is 1. The minimum Gasteiger partial charge on any atom is -0.491 e. The van der Waals surface area contributed by atoms with Crippen molar-refractivity contribution in [3.63, 3.8) is 0 Å². The molecule has 0 fully saturated rings. The van der Waals surface area contributed by atoms with Gasteiger partial charge in [-0.05, 0) is 34.5 Å². The van der Waals surface area contributed by atoms with Crippen molar-refractivity contribution in [2.45, 2.75) is 6.54 Å². The lowest BCUT2D eigenvalue weighted by Crippen LogP contribution is -1.98. The van der Waals surface area contributed by atoms with E-state index >= 15 is 0 Å². The van der Waals surface area contributed by atoms with E-state index in [9.17, 15) is 4.39 Å². The van der Waals surface area contributed by atoms with Gasteiger partial charge in [-0.15, -0.1) is 0 Å². The van der Waals surface area contributed by atoms with Gasteiger partial charge in [0.2, 0.25) is 0 Å². The molecule has 2 nitrogen and oxygen atoms in total. The molecule has 0 radical (unpaired) electrons. The third-order valence-corrected chi connectivity index (χ3v) is 2.46. The van der Waals surface area contributed by atoms with E-state index in [0.29, 0.717) is 12.3 Å². The number of rotatable bonds is 4. The second-order valence-corrected chi connectivity index (χ2v) is 3.58. The lowest BCUT2D eigenvalue weighted by molar-refractivity contribution is 0.273. The largest absolute Gasteiger partial charge is 0.491 e. The highest BCUT2D eigenvalue weighted by atomic mass is 19.1. The van der Waals surface area contributed by atoms with E-state index in [0.717, 1.165) is 16.3 Å². The van der Waals surface area contributed by atoms with Gasteiger partial charge in [0.1, 0.15) is 19.0 Å². The fourth-order valence-electron chi connectivity index (χ4n) is 1.65. The molecule has 2 N–H and O–H groups in total. The van der Waals surface area contributed by atoms with Crippen LogP contribution in [0.4, 0.5) is 4.39 Å². The summed E-state index contributed by atoms with van der Waals surface area (Å²) in [6.45, 7) is 0.173. The summed E-state index contributed by atoms with van der Waals surface area (Å²) < 4.78 is 17.2. The standard InChI is InChI=1S/C13H14FNO/c14-5-6-16-13-4-3-11-7-10(9-15)1-2-12(11)8-13/h1-4,7-8H,5-6,9,15H2. The highest BCUT2D eigenvalue weighted by Crippen LogP contribution is 2.21. The van der Waals surface area contributed by atoms with Crippen LogP contribution in [0.3, 0.4) is 0 Å². The predicted octanol–water partition coefficient (Wildman–Crippen LogP) is 2.65. The van der Waals surface area contributed by atoms with Crippen LogP contribution in [0.25, 0.3) is 10.8 Å². The average Bonchev–Trinajstić information content (AvgIpc) is 2.35. The maximum absolute atomic E-state index is 12.0. The molecule has 2 aromatic rings. The summed E-state index contributed by atoms with van der Waals surface area (Å²) in [5.74, 6) is 0.700. The number of fused-ring (bicyclic) bond motifs is 1. The van der Waals surface area contributed by atoms with E-state index in [1.807, 2.05) is 36.4 Å². The molecule has 0 aromatic heterocycles. The molecule has 0 aliphatic carbocycles. The van der Waals surface area contributed by atoms with E-state index in [4.69, 9.17) is 10.5 Å². The van der Waals surface area contributed by atoms with Crippen LogP contribution in [-0.4, -0.2) is 13.3 Å². The molecule has 0 atom stereocenters. The number of benzene rings is 2. The molecule has 0 saturated carbocycles. The molecule has 0 aliphatic rings. The lowest BCUT2D eigenvalue weighted by Gasteiger charge is -2.06. The number of halogens is 1. The van der Waals surface area contributed by atoms with Crippen LogP contribution in [0.15, 0.2) is 36.4 Å². The zero-order chi connectivity index (χ0) is 11.4. The highest BCUT2D eigenvalue weighted by molar-refractivity contribution is 5.84. The Morgan fingerprint density at radius 3 is 2.56 bits per heavy atom. The first-order valence-corrected chi connectivity index (χ1v) is 5.25. The summed E-state index contributed by atoms with van der Waals surface area (Å²) in [6, 6.07) is 11.8. The van der Waals surface area contributed by atoms with E-state index in [2.05, 4.69) is 0 Å². The van der Waals surface area contributed by atoms with Crippen molar-refractivity contribution in [1.29, 1.82) is 0 Å². The Labute approximate surface area is 93.8 Å². The topological polar surface area (TPSA) is 35.2 Å². The van der Waals surface area contributed by atoms with Crippen molar-refractivity contribution in [2.24, 2.45) is 5.73 Å². The van der Waals surface area contributed by atoms with Gasteiger partial charge in [0.05, 0.1) is 0 Å². The second kappa shape index (κ2) is 4.94. The summed E-state index contributed by atoms with van der Waals surface area (Å²) in [5, 5.41) is 2.20. The molecular weight excluding hydrogens is 205 g/mol. The van der Waals surface area contributed by atoms with Crippen LogP contribution in [0.1, 0.15) is 5.56 Å². The van der Waals surface area contributed by atoms with Crippen molar-refractivity contribution >= 4 is 10.8 Å². The van der Waals surface area contributed by atoms with Gasteiger partial charge in [0.25, 0.3) is 0 Å². The molecule has 0 spiro atoms. The van der Waals surface area contributed by atoms with E-state index in [-0.39, 0.29) is 6.61 Å². The molecule has 2 aromatic carbocycles. The first-order valence-electron chi connectivity index (χ1n) is 5.25. The lowest BCUT2D eigenvalue weighted by atomic mass is 10.1. The average molecular weight is 219 g/mol. The number of hydrogen-bond acceptors (Lipinski definition) is 2. The Kier molecular flexibility index (Phi) is 3.37. The third-order valence-electron chi connectivity index (χ3n) is 2.46. The number of hydrogen-bond donors (Lipinski definition) is 1. The van der Waals surface area contributed by atoms with Gasteiger partial charge in [-0.1, -0.05) is 18.2 Å². The molecule has 0 unspecified atom stereocenters. The molecule has 0 bridgehead atoms. The third kappa shape index (κ3) is 2.31. The molecule has 2 rings (SSSR count). The monoisotopic (exact) mass is 219 g/mol. The summed E-state index contributed by atoms with van der Waals surface area (Å²) in [7, 11) is 0. The molecule has 84 valence electrons. The molecule has 0 aliphatic heterocycles. The van der Waals surface area contributed by atoms with Gasteiger partial charge in [0, 0.05) is 6.54 Å². The number of alkyl halides is 1. The van der Waals surface area contributed by atoms with Crippen LogP contribution in [-0.2, 0) is 6.54 Å². The van der Waals surface area contributed by atoms with Crippen molar-refractivity contribution in [2.75, 3.05) is 13.3 Å². The Balaban J connectivity index is 2.32. The predicted molar refractivity (Wildman–Crippen MR) is 63.3 cm³/mol. The Morgan fingerprint density at radius 1 is 1.06 bits per heavy atom. The SMILES string of the molecule is NCc1ccc2cc(OCCF)ccc2c1. The summed E-state index contributed by atoms with van der Waals surface area (Å²) in [6.07, 6.45) is 0. The minimum absolute atomic E-state index is 0.104. The molecule has 3 heteroatoms. The Hall–Kier alpha value is -1.61. The van der Waals surface area contributed by atoms with Gasteiger partial charge in [0.15, 0.2) is 0 Å². The van der Waals surface area contributed by atoms with E-state index < -0.39 is 6.67 Å². The van der Waals surface area contributed by atoms with Crippen LogP contribution in [0.5, 0.6) is 5.75 Å². The molecular formula is C13H14FNO. The van der Waals surface area contributed by atoms with Crippen molar-refractivity contribution in [3.05, 3.63) is 42.0 Å². The summed E-state index contributed by atoms with van der Waals surface area (Å²) >= 11 is 0. The van der Waals surface area contributed by atoms with Crippen LogP contribution in [0.2, 0.25) is 0 Å². The zero-order valence-electron chi connectivity index (χ0n) is 8.95. The minimum atomic E-state index is -0.468. The first-order chi connectivity index (χ1) is 7.83. The van der Waals surface area contributed by atoms with Gasteiger partial charge < -0.3 is 10.5 Å². The molecule has 0 heterocycles. The normalized spacial score (nSPS) is 10.6. The van der Waals surface area contributed by atoms with Gasteiger partial charge in [-0.3, -0.25) is 0 Å². The van der Waals surface area contributed by atoms with Gasteiger partial charge in [-0.2, -0.15) is 0 Å². The maximum Gasteiger partial charge on any atom is 0.123 e. The Bertz CT molecular complexity index is 484. The van der Waals surface area contributed by atoms with E-state index in [1.54, 1.807) is 0 Å². The maximum atomic E-state index is 12.0. The summed E-state index contributed by atoms with van der Waals surface area (Å²) in [4.78, 5) is 0. The van der Waals surface area contributed by atoms with Crippen molar-refractivity contribution in [1.82, 2.24) is 0 Å². The second-order valence-electron chi connectivity index (χ2n) is 3.58. The van der Waals surface area contributed by atoms with Crippen LogP contribution < -0.4 is 10.5 Å². The molecule has 16 heavy (non-hydrogen) atoms. The van der Waals surface area contributed by atoms with Crippen LogP contribution in [0, 0.1) is 0 Å². The Morgan fingerprint density at radius 2 is 1.81 bits per heavy atom. The molecule has 0 amide bonds. The number of ether oxygens (including phenoxy) is 1. The highest BCUT2D eigenvalue weighted by Gasteiger charge is 1.98. The fraction of sp³-hybridized carbons (Fsp3) is 0.231. The fourth-order valence-corrected chi connectivity index (χ4v) is 1.65. The molecule has 0 saturated heterocycles. The first kappa shape index (κ1) is 10.9. The van der Waals surface area contributed by atoms with Crippen LogP contribution >= 0.6 is 0 Å². The zero-order valence-corrected chi connectivity index (χ0v) is 8.95. The van der Waals surface area contributed by atoms with Gasteiger partial charge >= 0.3 is 0 Å². The van der Waals surface area contributed by atoms with Crippen molar-refractivity contribution in [3.8, 4) is 5.75 Å². The smallest absolute Gasteiger partial charge is 0.123 e. The van der Waals surface area contributed by atoms with Gasteiger partial charge in [-0.25, -0.2) is 4.39 Å². The quantitative estimate of drug-likeness (QED) is 0.858. The summed E-state index contributed by atoms with van der Waals surface area (Å²) in [5.41, 5.74) is 6.67. The van der Waals surface area contributed by atoms with Crippen molar-refractivity contribution < 1.29 is 9.13 Å². The van der Waals surface area contributed by atoms with E-state index in [1.165, 1.54) is 0 Å².